The normalized spacial score (nSPS) is 14.0. The number of sulfonamides is 1. The molecule has 3 aromatic carbocycles. The smallest absolute Gasteiger partial charge is 0.262 e. The number of carbonyl (C=O) groups is 1. The molecular weight excluding hydrogens is 442 g/mol. The van der Waals surface area contributed by atoms with Crippen molar-refractivity contribution < 1.29 is 22.7 Å². The molecule has 0 aliphatic carbocycles. The van der Waals surface area contributed by atoms with Crippen molar-refractivity contribution in [3.8, 4) is 11.5 Å². The van der Waals surface area contributed by atoms with E-state index in [2.05, 4.69) is 15.4 Å². The Morgan fingerprint density at radius 3 is 2.24 bits per heavy atom. The van der Waals surface area contributed by atoms with Gasteiger partial charge in [0.15, 0.2) is 11.5 Å². The van der Waals surface area contributed by atoms with E-state index in [-0.39, 0.29) is 10.8 Å². The predicted molar refractivity (Wildman–Crippen MR) is 127 cm³/mol. The zero-order valence-electron chi connectivity index (χ0n) is 18.1. The summed E-state index contributed by atoms with van der Waals surface area (Å²) in [6.07, 6.45) is 0.738. The lowest BCUT2D eigenvalue weighted by atomic mass is 10.2. The summed E-state index contributed by atoms with van der Waals surface area (Å²) in [5.41, 5.74) is 1.80. The van der Waals surface area contributed by atoms with Gasteiger partial charge in [-0.15, -0.1) is 0 Å². The summed E-state index contributed by atoms with van der Waals surface area (Å²) in [4.78, 5) is 12.5. The van der Waals surface area contributed by atoms with E-state index >= 15 is 0 Å². The maximum absolute atomic E-state index is 12.8. The number of benzene rings is 3. The number of fused-ring (bicyclic) bond motifs is 1. The molecule has 0 spiro atoms. The summed E-state index contributed by atoms with van der Waals surface area (Å²) in [6.45, 7) is 2.75. The summed E-state index contributed by atoms with van der Waals surface area (Å²) in [5, 5.41) is 5.94. The van der Waals surface area contributed by atoms with Crippen LogP contribution in [0.4, 0.5) is 17.1 Å². The highest BCUT2D eigenvalue weighted by molar-refractivity contribution is 7.92. The Balaban J connectivity index is 1.39. The molecule has 1 amide bonds. The summed E-state index contributed by atoms with van der Waals surface area (Å²) in [5.74, 6) is 0.769. The van der Waals surface area contributed by atoms with Gasteiger partial charge >= 0.3 is 0 Å². The molecule has 1 heterocycles. The second-order valence-electron chi connectivity index (χ2n) is 7.56. The molecule has 33 heavy (non-hydrogen) atoms. The Morgan fingerprint density at radius 2 is 1.52 bits per heavy atom. The molecule has 1 atom stereocenters. The minimum atomic E-state index is -3.81. The number of para-hydroxylation sites is 1. The number of anilines is 3. The number of rotatable bonds is 7. The van der Waals surface area contributed by atoms with Crippen LogP contribution in [0.2, 0.25) is 0 Å². The number of nitrogens with one attached hydrogen (secondary N) is 3. The zero-order valence-corrected chi connectivity index (χ0v) is 18.9. The SMILES string of the molecule is C[C@@H](Nc1ccc(NS(=O)(=O)c2ccc3c(c2)OCCCO3)cc1)C(=O)Nc1ccccc1. The highest BCUT2D eigenvalue weighted by atomic mass is 32.2. The van der Waals surface area contributed by atoms with E-state index in [0.29, 0.717) is 36.1 Å². The van der Waals surface area contributed by atoms with Crippen LogP contribution in [0.1, 0.15) is 13.3 Å². The average molecular weight is 468 g/mol. The monoisotopic (exact) mass is 467 g/mol. The predicted octanol–water partition coefficient (Wildman–Crippen LogP) is 4.09. The van der Waals surface area contributed by atoms with Crippen LogP contribution in [0.25, 0.3) is 0 Å². The van der Waals surface area contributed by atoms with Gasteiger partial charge in [0.25, 0.3) is 10.0 Å². The van der Waals surface area contributed by atoms with Crippen molar-refractivity contribution in [1.29, 1.82) is 0 Å². The van der Waals surface area contributed by atoms with E-state index in [1.165, 1.54) is 12.1 Å². The van der Waals surface area contributed by atoms with Crippen molar-refractivity contribution in [3.63, 3.8) is 0 Å². The van der Waals surface area contributed by atoms with Gasteiger partial charge < -0.3 is 20.1 Å². The molecule has 1 aliphatic heterocycles. The van der Waals surface area contributed by atoms with Gasteiger partial charge in [-0.1, -0.05) is 18.2 Å². The van der Waals surface area contributed by atoms with Crippen LogP contribution in [0.3, 0.4) is 0 Å². The van der Waals surface area contributed by atoms with Gasteiger partial charge in [0, 0.05) is 29.5 Å². The first kappa shape index (κ1) is 22.5. The Hall–Kier alpha value is -3.72. The quantitative estimate of drug-likeness (QED) is 0.483. The first-order chi connectivity index (χ1) is 15.9. The number of hydrogen-bond acceptors (Lipinski definition) is 6. The highest BCUT2D eigenvalue weighted by Gasteiger charge is 2.19. The maximum Gasteiger partial charge on any atom is 0.262 e. The lowest BCUT2D eigenvalue weighted by molar-refractivity contribution is -0.116. The third kappa shape index (κ3) is 5.75. The minimum Gasteiger partial charge on any atom is -0.490 e. The van der Waals surface area contributed by atoms with Gasteiger partial charge in [-0.3, -0.25) is 9.52 Å². The van der Waals surface area contributed by atoms with Crippen LogP contribution in [0, 0.1) is 0 Å². The fourth-order valence-corrected chi connectivity index (χ4v) is 4.32. The molecule has 3 aromatic rings. The fourth-order valence-electron chi connectivity index (χ4n) is 3.25. The molecule has 0 saturated carbocycles. The van der Waals surface area contributed by atoms with E-state index in [1.54, 1.807) is 37.3 Å². The second-order valence-corrected chi connectivity index (χ2v) is 9.25. The Labute approximate surface area is 193 Å². The van der Waals surface area contributed by atoms with Crippen molar-refractivity contribution in [2.24, 2.45) is 0 Å². The lowest BCUT2D eigenvalue weighted by Crippen LogP contribution is -2.31. The van der Waals surface area contributed by atoms with Gasteiger partial charge in [0.05, 0.1) is 18.1 Å². The van der Waals surface area contributed by atoms with E-state index in [1.807, 2.05) is 30.3 Å². The molecule has 0 saturated heterocycles. The summed E-state index contributed by atoms with van der Waals surface area (Å²) < 4.78 is 39.3. The highest BCUT2D eigenvalue weighted by Crippen LogP contribution is 2.32. The van der Waals surface area contributed by atoms with Crippen LogP contribution in [-0.4, -0.2) is 33.6 Å². The summed E-state index contributed by atoms with van der Waals surface area (Å²) in [7, 11) is -3.81. The molecule has 4 rings (SSSR count). The molecule has 0 radical (unpaired) electrons. The van der Waals surface area contributed by atoms with Crippen LogP contribution in [0.15, 0.2) is 77.7 Å². The van der Waals surface area contributed by atoms with Crippen molar-refractivity contribution in [2.75, 3.05) is 28.6 Å². The zero-order chi connectivity index (χ0) is 23.3. The number of carbonyl (C=O) groups excluding carboxylic acids is 1. The van der Waals surface area contributed by atoms with E-state index in [9.17, 15) is 13.2 Å². The van der Waals surface area contributed by atoms with Crippen LogP contribution >= 0.6 is 0 Å². The van der Waals surface area contributed by atoms with Gasteiger partial charge in [0.2, 0.25) is 5.91 Å². The largest absolute Gasteiger partial charge is 0.490 e. The lowest BCUT2D eigenvalue weighted by Gasteiger charge is -2.16. The van der Waals surface area contributed by atoms with Crippen molar-refractivity contribution in [2.45, 2.75) is 24.3 Å². The molecule has 0 aromatic heterocycles. The first-order valence-electron chi connectivity index (χ1n) is 10.6. The number of hydrogen-bond donors (Lipinski definition) is 3. The van der Waals surface area contributed by atoms with Crippen molar-refractivity contribution >= 4 is 33.0 Å². The molecule has 1 aliphatic rings. The summed E-state index contributed by atoms with van der Waals surface area (Å²) in [6, 6.07) is 19.9. The van der Waals surface area contributed by atoms with Gasteiger partial charge in [-0.2, -0.15) is 0 Å². The molecule has 3 N–H and O–H groups in total. The fraction of sp³-hybridized carbons (Fsp3) is 0.208. The molecule has 0 unspecified atom stereocenters. The third-order valence-corrected chi connectivity index (χ3v) is 6.36. The molecule has 0 fully saturated rings. The van der Waals surface area contributed by atoms with Gasteiger partial charge in [-0.05, 0) is 55.5 Å². The number of ether oxygens (including phenoxy) is 2. The third-order valence-electron chi connectivity index (χ3n) is 4.98. The van der Waals surface area contributed by atoms with Crippen LogP contribution in [-0.2, 0) is 14.8 Å². The number of amides is 1. The van der Waals surface area contributed by atoms with E-state index in [0.717, 1.165) is 12.1 Å². The Kier molecular flexibility index (Phi) is 6.69. The molecule has 0 bridgehead atoms. The van der Waals surface area contributed by atoms with Crippen molar-refractivity contribution in [1.82, 2.24) is 0 Å². The van der Waals surface area contributed by atoms with Crippen molar-refractivity contribution in [3.05, 3.63) is 72.8 Å². The van der Waals surface area contributed by atoms with Crippen LogP contribution in [0.5, 0.6) is 11.5 Å². The topological polar surface area (TPSA) is 106 Å². The van der Waals surface area contributed by atoms with E-state index < -0.39 is 16.1 Å². The molecule has 172 valence electrons. The minimum absolute atomic E-state index is 0.0835. The maximum atomic E-state index is 12.8. The van der Waals surface area contributed by atoms with Gasteiger partial charge in [0.1, 0.15) is 6.04 Å². The Bertz CT molecular complexity index is 1210. The average Bonchev–Trinajstić information content (AvgIpc) is 3.06. The molecule has 9 heteroatoms. The molecular formula is C24H25N3O5S. The van der Waals surface area contributed by atoms with Gasteiger partial charge in [-0.25, -0.2) is 8.42 Å². The standard InChI is InChI=1S/C24H25N3O5S/c1-17(24(28)26-18-6-3-2-4-7-18)25-19-8-10-20(11-9-19)27-33(29,30)21-12-13-22-23(16-21)32-15-5-14-31-22/h2-4,6-13,16-17,25,27H,5,14-15H2,1H3,(H,26,28)/t17-/m1/s1. The molecule has 8 nitrogen and oxygen atoms in total. The van der Waals surface area contributed by atoms with E-state index in [4.69, 9.17) is 9.47 Å². The van der Waals surface area contributed by atoms with Crippen LogP contribution < -0.4 is 24.8 Å². The summed E-state index contributed by atoms with van der Waals surface area (Å²) >= 11 is 0. The second kappa shape index (κ2) is 9.83. The Morgan fingerprint density at radius 1 is 0.848 bits per heavy atom. The first-order valence-corrected chi connectivity index (χ1v) is 12.0.